The zero-order valence-electron chi connectivity index (χ0n) is 13.3. The third-order valence-corrected chi connectivity index (χ3v) is 4.98. The van der Waals surface area contributed by atoms with Crippen LogP contribution in [0.15, 0.2) is 49.1 Å². The topological polar surface area (TPSA) is 3.24 Å². The van der Waals surface area contributed by atoms with Gasteiger partial charge in [-0.25, -0.2) is 0 Å². The van der Waals surface area contributed by atoms with E-state index in [0.717, 1.165) is 18.7 Å². The highest BCUT2D eigenvalue weighted by molar-refractivity contribution is 5.85. The van der Waals surface area contributed by atoms with Gasteiger partial charge in [0, 0.05) is 23.5 Å². The van der Waals surface area contributed by atoms with Crippen LogP contribution in [0.25, 0.3) is 11.8 Å². The van der Waals surface area contributed by atoms with E-state index in [4.69, 9.17) is 0 Å². The number of hydrogen-bond acceptors (Lipinski definition) is 1. The number of anilines is 1. The summed E-state index contributed by atoms with van der Waals surface area (Å²) >= 11 is 0. The van der Waals surface area contributed by atoms with Crippen molar-refractivity contribution in [2.45, 2.75) is 32.7 Å². The third kappa shape index (κ3) is 1.93. The predicted molar refractivity (Wildman–Crippen MR) is 94.9 cm³/mol. The molecule has 1 aliphatic carbocycles. The van der Waals surface area contributed by atoms with E-state index < -0.39 is 0 Å². The second-order valence-electron chi connectivity index (χ2n) is 6.34. The van der Waals surface area contributed by atoms with E-state index in [-0.39, 0.29) is 0 Å². The van der Waals surface area contributed by atoms with Crippen molar-refractivity contribution < 1.29 is 0 Å². The van der Waals surface area contributed by atoms with E-state index in [0.29, 0.717) is 5.92 Å². The summed E-state index contributed by atoms with van der Waals surface area (Å²) in [5, 5.41) is 0. The van der Waals surface area contributed by atoms with E-state index in [9.17, 15) is 0 Å². The molecular weight excluding hydrogens is 266 g/mol. The number of hydrogen-bond donors (Lipinski definition) is 0. The molecule has 4 rings (SSSR count). The molecule has 0 radical (unpaired) electrons. The summed E-state index contributed by atoms with van der Waals surface area (Å²) in [5.41, 5.74) is 9.24. The standard InChI is InChI=1S/C21H21N/c1-4-16-6-9-21-15(3)22(13-18(21)11-16)19-8-10-20-14(2)5-7-17(20)12-19/h5-12,14H,3-4,13H2,1-2H3. The summed E-state index contributed by atoms with van der Waals surface area (Å²) in [6, 6.07) is 13.6. The molecule has 2 aromatic rings. The normalized spacial score (nSPS) is 18.7. The SMILES string of the molecule is C=C1c2ccc(CC)cc2CN1c1ccc2c(c1)C=CC2C. The van der Waals surface area contributed by atoms with Gasteiger partial charge in [-0.05, 0) is 46.7 Å². The highest BCUT2D eigenvalue weighted by Crippen LogP contribution is 2.39. The molecular formula is C21H21N. The van der Waals surface area contributed by atoms with E-state index >= 15 is 0 Å². The first-order valence-corrected chi connectivity index (χ1v) is 8.08. The Morgan fingerprint density at radius 3 is 2.86 bits per heavy atom. The maximum absolute atomic E-state index is 4.33. The lowest BCUT2D eigenvalue weighted by Gasteiger charge is -2.20. The van der Waals surface area contributed by atoms with Gasteiger partial charge >= 0.3 is 0 Å². The second kappa shape index (κ2) is 4.88. The Morgan fingerprint density at radius 1 is 1.18 bits per heavy atom. The third-order valence-electron chi connectivity index (χ3n) is 4.98. The van der Waals surface area contributed by atoms with Gasteiger partial charge in [-0.1, -0.05) is 56.8 Å². The minimum Gasteiger partial charge on any atom is -0.337 e. The Morgan fingerprint density at radius 2 is 2.05 bits per heavy atom. The first kappa shape index (κ1) is 13.4. The lowest BCUT2D eigenvalue weighted by molar-refractivity contribution is 0.984. The fourth-order valence-corrected chi connectivity index (χ4v) is 3.58. The summed E-state index contributed by atoms with van der Waals surface area (Å²) in [7, 11) is 0. The van der Waals surface area contributed by atoms with Gasteiger partial charge in [-0.3, -0.25) is 0 Å². The second-order valence-corrected chi connectivity index (χ2v) is 6.34. The van der Waals surface area contributed by atoms with Crippen LogP contribution in [0, 0.1) is 0 Å². The number of aryl methyl sites for hydroxylation is 1. The molecule has 0 aromatic heterocycles. The molecule has 22 heavy (non-hydrogen) atoms. The zero-order valence-corrected chi connectivity index (χ0v) is 13.3. The Balaban J connectivity index is 1.71. The van der Waals surface area contributed by atoms with Crippen LogP contribution in [-0.2, 0) is 13.0 Å². The van der Waals surface area contributed by atoms with Gasteiger partial charge in [-0.2, -0.15) is 0 Å². The number of nitrogens with zero attached hydrogens (tertiary/aromatic N) is 1. The van der Waals surface area contributed by atoms with Crippen LogP contribution in [0.4, 0.5) is 5.69 Å². The van der Waals surface area contributed by atoms with Crippen molar-refractivity contribution in [2.75, 3.05) is 4.90 Å². The van der Waals surface area contributed by atoms with Crippen molar-refractivity contribution in [1.29, 1.82) is 0 Å². The minimum absolute atomic E-state index is 0.537. The van der Waals surface area contributed by atoms with Crippen molar-refractivity contribution in [2.24, 2.45) is 0 Å². The van der Waals surface area contributed by atoms with Crippen LogP contribution in [0.3, 0.4) is 0 Å². The Labute approximate surface area is 132 Å². The number of rotatable bonds is 2. The first-order valence-electron chi connectivity index (χ1n) is 8.08. The fourth-order valence-electron chi connectivity index (χ4n) is 3.58. The van der Waals surface area contributed by atoms with Crippen LogP contribution in [0.2, 0.25) is 0 Å². The summed E-state index contributed by atoms with van der Waals surface area (Å²) in [4.78, 5) is 2.33. The lowest BCUT2D eigenvalue weighted by Crippen LogP contribution is -2.13. The highest BCUT2D eigenvalue weighted by atomic mass is 15.2. The molecule has 1 heteroatoms. The number of allylic oxidation sites excluding steroid dienone is 1. The molecule has 2 aliphatic rings. The Bertz CT molecular complexity index is 798. The van der Waals surface area contributed by atoms with Gasteiger partial charge in [0.05, 0.1) is 0 Å². The van der Waals surface area contributed by atoms with Crippen molar-refractivity contribution in [1.82, 2.24) is 0 Å². The molecule has 2 aromatic carbocycles. The summed E-state index contributed by atoms with van der Waals surface area (Å²) in [5.74, 6) is 0.537. The Hall–Kier alpha value is -2.28. The van der Waals surface area contributed by atoms with Crippen LogP contribution in [-0.4, -0.2) is 0 Å². The van der Waals surface area contributed by atoms with Gasteiger partial charge in [0.2, 0.25) is 0 Å². The highest BCUT2D eigenvalue weighted by Gasteiger charge is 2.24. The van der Waals surface area contributed by atoms with Gasteiger partial charge in [-0.15, -0.1) is 0 Å². The van der Waals surface area contributed by atoms with Crippen molar-refractivity contribution >= 4 is 17.5 Å². The van der Waals surface area contributed by atoms with Crippen molar-refractivity contribution in [3.8, 4) is 0 Å². The smallest absolute Gasteiger partial charge is 0.0488 e. The first-order chi connectivity index (χ1) is 10.7. The largest absolute Gasteiger partial charge is 0.337 e. The molecule has 1 unspecified atom stereocenters. The molecule has 110 valence electrons. The lowest BCUT2D eigenvalue weighted by atomic mass is 10.0. The quantitative estimate of drug-likeness (QED) is 0.717. The zero-order chi connectivity index (χ0) is 15.3. The molecule has 0 saturated carbocycles. The summed E-state index contributed by atoms with van der Waals surface area (Å²) < 4.78 is 0. The molecule has 0 saturated heterocycles. The van der Waals surface area contributed by atoms with E-state index in [1.165, 1.54) is 33.5 Å². The average molecular weight is 287 g/mol. The number of fused-ring (bicyclic) bond motifs is 2. The van der Waals surface area contributed by atoms with Crippen molar-refractivity contribution in [3.63, 3.8) is 0 Å². The van der Waals surface area contributed by atoms with Crippen LogP contribution >= 0.6 is 0 Å². The molecule has 1 atom stereocenters. The van der Waals surface area contributed by atoms with Gasteiger partial charge in [0.1, 0.15) is 0 Å². The minimum atomic E-state index is 0.537. The average Bonchev–Trinajstić information content (AvgIpc) is 3.07. The molecule has 0 bridgehead atoms. The maximum atomic E-state index is 4.33. The van der Waals surface area contributed by atoms with Crippen LogP contribution < -0.4 is 4.90 Å². The number of benzene rings is 2. The Kier molecular flexibility index (Phi) is 2.97. The van der Waals surface area contributed by atoms with E-state index in [2.05, 4.69) is 73.9 Å². The van der Waals surface area contributed by atoms with E-state index in [1.807, 2.05) is 0 Å². The molecule has 1 nitrogen and oxygen atoms in total. The monoisotopic (exact) mass is 287 g/mol. The summed E-state index contributed by atoms with van der Waals surface area (Å²) in [6.07, 6.45) is 5.60. The van der Waals surface area contributed by atoms with E-state index in [1.54, 1.807) is 0 Å². The van der Waals surface area contributed by atoms with Gasteiger partial charge < -0.3 is 4.90 Å². The predicted octanol–water partition coefficient (Wildman–Crippen LogP) is 5.37. The van der Waals surface area contributed by atoms with Crippen LogP contribution in [0.5, 0.6) is 0 Å². The maximum Gasteiger partial charge on any atom is 0.0488 e. The molecule has 0 N–H and O–H groups in total. The molecule has 1 heterocycles. The molecule has 0 amide bonds. The van der Waals surface area contributed by atoms with Crippen molar-refractivity contribution in [3.05, 3.63) is 76.9 Å². The summed E-state index contributed by atoms with van der Waals surface area (Å²) in [6.45, 7) is 9.71. The molecule has 0 fully saturated rings. The molecule has 1 aliphatic heterocycles. The van der Waals surface area contributed by atoms with Crippen LogP contribution in [0.1, 0.15) is 47.6 Å². The van der Waals surface area contributed by atoms with Gasteiger partial charge in [0.25, 0.3) is 0 Å². The fraction of sp³-hybridized carbons (Fsp3) is 0.238. The van der Waals surface area contributed by atoms with Gasteiger partial charge in [0.15, 0.2) is 0 Å². The molecule has 0 spiro atoms.